The largest absolute Gasteiger partial charge is 0.456 e. The molecule has 2 atom stereocenters. The molecule has 0 saturated heterocycles. The van der Waals surface area contributed by atoms with Crippen molar-refractivity contribution in [2.24, 2.45) is 0 Å². The highest BCUT2D eigenvalue weighted by Crippen LogP contribution is 2.63. The van der Waals surface area contributed by atoms with Crippen LogP contribution in [0.25, 0.3) is 21.9 Å². The standard InChI is InChI=1S/C83H90BN3O/c1-77(2,3)55-31-27-52(28-32-55)73(53-29-33-56(34-30-53)78(4,5)6)54-47-69-75-70(48-54)87-76-64(82(16)45-20-21-46-83(82,87)17)49-59(81(13,14)15)50-66(76)84(75)65-44-43-62(51-68(65)86(69)67-24-22-26-72-74(67)63-23-18-19-25-71(63)88-72)85(60-39-35-57(36-40-60)79(7,8)9)61-41-37-58(38-42-61)80(10,11)12/h18-19,22-44,47-51,73H,20-21,45-46H2,1-17H3. The zero-order chi connectivity index (χ0) is 62.0. The maximum absolute atomic E-state index is 6.90. The van der Waals surface area contributed by atoms with Gasteiger partial charge in [0.2, 0.25) is 0 Å². The Labute approximate surface area is 526 Å². The Hall–Kier alpha value is -7.76. The van der Waals surface area contributed by atoms with Gasteiger partial charge in [-0.05, 0) is 180 Å². The highest BCUT2D eigenvalue weighted by Gasteiger charge is 2.62. The Morgan fingerprint density at radius 2 is 0.932 bits per heavy atom. The number of benzene rings is 9. The quantitative estimate of drug-likeness (QED) is 0.117. The summed E-state index contributed by atoms with van der Waals surface area (Å²) in [4.78, 5) is 8.11. The second-order valence-corrected chi connectivity index (χ2v) is 32.2. The molecule has 14 rings (SSSR count). The lowest BCUT2D eigenvalue weighted by molar-refractivity contribution is 0.195. The Balaban J connectivity index is 1.12. The number of rotatable bonds is 7. The van der Waals surface area contributed by atoms with Gasteiger partial charge in [0.05, 0.1) is 16.6 Å². The van der Waals surface area contributed by atoms with Crippen molar-refractivity contribution in [2.75, 3.05) is 14.7 Å². The molecule has 0 N–H and O–H groups in total. The van der Waals surface area contributed by atoms with Crippen LogP contribution < -0.4 is 31.1 Å². The number of anilines is 8. The minimum Gasteiger partial charge on any atom is -0.456 e. The van der Waals surface area contributed by atoms with E-state index in [4.69, 9.17) is 4.42 Å². The fourth-order valence-corrected chi connectivity index (χ4v) is 15.9. The van der Waals surface area contributed by atoms with E-state index in [9.17, 15) is 0 Å². The van der Waals surface area contributed by atoms with E-state index >= 15 is 0 Å². The molecule has 446 valence electrons. The lowest BCUT2D eigenvalue weighted by atomic mass is 9.33. The van der Waals surface area contributed by atoms with Crippen LogP contribution in [0.3, 0.4) is 0 Å². The van der Waals surface area contributed by atoms with E-state index in [-0.39, 0.29) is 50.7 Å². The van der Waals surface area contributed by atoms with Crippen molar-refractivity contribution >= 4 is 90.5 Å². The van der Waals surface area contributed by atoms with Gasteiger partial charge in [0.15, 0.2) is 0 Å². The molecule has 2 unspecified atom stereocenters. The summed E-state index contributed by atoms with van der Waals surface area (Å²) >= 11 is 0. The molecule has 0 amide bonds. The third-order valence-electron chi connectivity index (χ3n) is 21.3. The third kappa shape index (κ3) is 9.12. The van der Waals surface area contributed by atoms with Gasteiger partial charge in [-0.3, -0.25) is 0 Å². The van der Waals surface area contributed by atoms with E-state index in [1.54, 1.807) is 0 Å². The van der Waals surface area contributed by atoms with Crippen molar-refractivity contribution in [3.05, 3.63) is 232 Å². The van der Waals surface area contributed by atoms with Crippen molar-refractivity contribution in [2.45, 2.75) is 187 Å². The summed E-state index contributed by atoms with van der Waals surface area (Å²) in [5.74, 6) is -0.0805. The molecule has 3 aliphatic heterocycles. The van der Waals surface area contributed by atoms with Crippen LogP contribution in [0.4, 0.5) is 45.5 Å². The minimum atomic E-state index is -0.185. The first-order valence-electron chi connectivity index (χ1n) is 32.8. The fourth-order valence-electron chi connectivity index (χ4n) is 15.9. The first kappa shape index (κ1) is 58.0. The Morgan fingerprint density at radius 3 is 1.49 bits per heavy atom. The smallest absolute Gasteiger partial charge is 0.252 e. The summed E-state index contributed by atoms with van der Waals surface area (Å²) in [6, 6.07) is 71.5. The summed E-state index contributed by atoms with van der Waals surface area (Å²) in [7, 11) is 0. The number of furan rings is 1. The number of fused-ring (bicyclic) bond motifs is 10. The van der Waals surface area contributed by atoms with Gasteiger partial charge in [0.1, 0.15) is 11.2 Å². The van der Waals surface area contributed by atoms with Crippen molar-refractivity contribution in [3.63, 3.8) is 0 Å². The van der Waals surface area contributed by atoms with E-state index in [0.717, 1.165) is 57.5 Å². The molecule has 1 aliphatic carbocycles. The summed E-state index contributed by atoms with van der Waals surface area (Å²) < 4.78 is 6.90. The third-order valence-corrected chi connectivity index (χ3v) is 21.3. The molecule has 0 radical (unpaired) electrons. The monoisotopic (exact) mass is 1160 g/mol. The van der Waals surface area contributed by atoms with Crippen molar-refractivity contribution in [1.29, 1.82) is 0 Å². The minimum absolute atomic E-state index is 0.00480. The fraction of sp³-hybridized carbons (Fsp3) is 0.349. The molecule has 4 nitrogen and oxygen atoms in total. The predicted octanol–water partition coefficient (Wildman–Crippen LogP) is 21.1. The van der Waals surface area contributed by atoms with Gasteiger partial charge in [0.25, 0.3) is 6.71 Å². The Bertz CT molecular complexity index is 4260. The zero-order valence-electron chi connectivity index (χ0n) is 55.6. The first-order chi connectivity index (χ1) is 41.5. The normalized spacial score (nSPS) is 18.2. The van der Waals surface area contributed by atoms with Crippen LogP contribution in [0.5, 0.6) is 0 Å². The van der Waals surface area contributed by atoms with Crippen molar-refractivity contribution in [1.82, 2.24) is 0 Å². The Kier molecular flexibility index (Phi) is 13.1. The van der Waals surface area contributed by atoms with Crippen LogP contribution >= 0.6 is 0 Å². The Morgan fingerprint density at radius 1 is 0.432 bits per heavy atom. The number of hydrogen-bond donors (Lipinski definition) is 0. The van der Waals surface area contributed by atoms with Gasteiger partial charge in [-0.15, -0.1) is 0 Å². The summed E-state index contributed by atoms with van der Waals surface area (Å²) in [5, 5.41) is 2.23. The SMILES string of the molecule is CC(C)(C)c1ccc(C(c2ccc(C(C)(C)C)cc2)c2cc3c4c(c2)N2c5c(cc(C(C)(C)C)cc5C5(C)CCCCC25C)B4c2ccc(N(c4ccc(C(C)(C)C)cc4)c4ccc(C(C)(C)C)cc4)cc2N3c2cccc3oc4ccccc4c23)cc1. The van der Waals surface area contributed by atoms with Crippen LogP contribution in [0.15, 0.2) is 186 Å². The zero-order valence-corrected chi connectivity index (χ0v) is 55.6. The molecule has 9 aromatic carbocycles. The maximum atomic E-state index is 6.90. The summed E-state index contributed by atoms with van der Waals surface area (Å²) in [6.45, 7) is 40.3. The number of hydrogen-bond acceptors (Lipinski definition) is 4. The lowest BCUT2D eigenvalue weighted by Crippen LogP contribution is -2.64. The van der Waals surface area contributed by atoms with Gasteiger partial charge in [-0.1, -0.05) is 239 Å². The molecule has 1 saturated carbocycles. The van der Waals surface area contributed by atoms with Crippen LogP contribution in [0, 0.1) is 0 Å². The van der Waals surface area contributed by atoms with E-state index in [2.05, 4.69) is 314 Å². The number of para-hydroxylation sites is 1. The van der Waals surface area contributed by atoms with E-state index in [1.807, 2.05) is 0 Å². The van der Waals surface area contributed by atoms with Gasteiger partial charge in [0, 0.05) is 56.5 Å². The molecule has 88 heavy (non-hydrogen) atoms. The molecule has 1 fully saturated rings. The average Bonchev–Trinajstić information content (AvgIpc) is 1.41. The van der Waals surface area contributed by atoms with Crippen molar-refractivity contribution in [3.8, 4) is 0 Å². The van der Waals surface area contributed by atoms with Crippen LogP contribution in [0.2, 0.25) is 0 Å². The molecule has 4 heterocycles. The summed E-state index contributed by atoms with van der Waals surface area (Å²) in [5.41, 5.74) is 27.3. The topological polar surface area (TPSA) is 22.9 Å². The van der Waals surface area contributed by atoms with E-state index in [1.165, 1.54) is 102 Å². The molecule has 0 spiro atoms. The molecular formula is C83H90BN3O. The first-order valence-corrected chi connectivity index (χ1v) is 32.8. The van der Waals surface area contributed by atoms with Gasteiger partial charge in [-0.25, -0.2) is 0 Å². The average molecular weight is 1160 g/mol. The second-order valence-electron chi connectivity index (χ2n) is 32.2. The molecule has 0 bridgehead atoms. The van der Waals surface area contributed by atoms with E-state index < -0.39 is 0 Å². The van der Waals surface area contributed by atoms with E-state index in [0.29, 0.717) is 0 Å². The van der Waals surface area contributed by atoms with Gasteiger partial charge < -0.3 is 19.1 Å². The predicted molar refractivity (Wildman–Crippen MR) is 378 cm³/mol. The van der Waals surface area contributed by atoms with Crippen molar-refractivity contribution < 1.29 is 4.42 Å². The molecule has 10 aromatic rings. The summed E-state index contributed by atoms with van der Waals surface area (Å²) in [6.07, 6.45) is 4.70. The molecular weight excluding hydrogens is 1070 g/mol. The van der Waals surface area contributed by atoms with Crippen LogP contribution in [-0.4, -0.2) is 12.3 Å². The number of nitrogens with zero attached hydrogens (tertiary/aromatic N) is 3. The van der Waals surface area contributed by atoms with Gasteiger partial charge >= 0.3 is 0 Å². The molecule has 4 aliphatic rings. The van der Waals surface area contributed by atoms with Gasteiger partial charge in [-0.2, -0.15) is 0 Å². The maximum Gasteiger partial charge on any atom is 0.252 e. The molecule has 1 aromatic heterocycles. The molecule has 5 heteroatoms. The highest BCUT2D eigenvalue weighted by molar-refractivity contribution is 7.00. The van der Waals surface area contributed by atoms with Crippen LogP contribution in [0.1, 0.15) is 199 Å². The lowest BCUT2D eigenvalue weighted by Gasteiger charge is -2.53. The second kappa shape index (κ2) is 19.9. The van der Waals surface area contributed by atoms with Crippen LogP contribution in [-0.2, 0) is 32.5 Å². The highest BCUT2D eigenvalue weighted by atomic mass is 16.3.